The van der Waals surface area contributed by atoms with Gasteiger partial charge in [0.05, 0.1) is 20.3 Å². The number of hydrogen-bond acceptors (Lipinski definition) is 5. The molecule has 1 aliphatic rings. The molecule has 104 valence electrons. The van der Waals surface area contributed by atoms with Gasteiger partial charge < -0.3 is 14.8 Å². The molecule has 1 heterocycles. The molecule has 18 heavy (non-hydrogen) atoms. The first-order chi connectivity index (χ1) is 8.54. The Bertz CT molecular complexity index is 294. The van der Waals surface area contributed by atoms with E-state index in [9.17, 15) is 9.59 Å². The van der Waals surface area contributed by atoms with Crippen LogP contribution in [0.5, 0.6) is 0 Å². The number of morpholine rings is 1. The molecule has 1 fully saturated rings. The monoisotopic (exact) mass is 258 g/mol. The second-order valence-corrected chi connectivity index (χ2v) is 4.62. The molecule has 0 radical (unpaired) electrons. The van der Waals surface area contributed by atoms with Gasteiger partial charge in [0, 0.05) is 25.6 Å². The Morgan fingerprint density at radius 2 is 2.22 bits per heavy atom. The summed E-state index contributed by atoms with van der Waals surface area (Å²) >= 11 is 0. The number of methoxy groups -OCH3 is 1. The lowest BCUT2D eigenvalue weighted by atomic mass is 10.2. The van der Waals surface area contributed by atoms with Gasteiger partial charge >= 0.3 is 5.97 Å². The summed E-state index contributed by atoms with van der Waals surface area (Å²) in [5.74, 6) is -0.306. The van der Waals surface area contributed by atoms with E-state index in [2.05, 4.69) is 5.32 Å². The fourth-order valence-electron chi connectivity index (χ4n) is 1.90. The number of hydrogen-bond donors (Lipinski definition) is 1. The van der Waals surface area contributed by atoms with E-state index in [4.69, 9.17) is 9.47 Å². The maximum atomic E-state index is 11.6. The number of carbonyl (C=O) groups is 2. The van der Waals surface area contributed by atoms with Crippen LogP contribution in [0.3, 0.4) is 0 Å². The van der Waals surface area contributed by atoms with Gasteiger partial charge in [-0.1, -0.05) is 0 Å². The Kier molecular flexibility index (Phi) is 6.07. The maximum Gasteiger partial charge on any atom is 0.325 e. The van der Waals surface area contributed by atoms with Crippen molar-refractivity contribution in [3.8, 4) is 0 Å². The highest BCUT2D eigenvalue weighted by molar-refractivity contribution is 5.77. The second-order valence-electron chi connectivity index (χ2n) is 4.62. The Morgan fingerprint density at radius 1 is 1.50 bits per heavy atom. The van der Waals surface area contributed by atoms with E-state index < -0.39 is 6.04 Å². The molecular weight excluding hydrogens is 236 g/mol. The molecule has 0 aromatic rings. The minimum Gasteiger partial charge on any atom is -0.468 e. The molecule has 6 nitrogen and oxygen atoms in total. The highest BCUT2D eigenvalue weighted by Gasteiger charge is 2.30. The van der Waals surface area contributed by atoms with Crippen molar-refractivity contribution in [1.29, 1.82) is 0 Å². The zero-order valence-corrected chi connectivity index (χ0v) is 11.3. The summed E-state index contributed by atoms with van der Waals surface area (Å²) in [5.41, 5.74) is 0. The highest BCUT2D eigenvalue weighted by Crippen LogP contribution is 2.09. The predicted octanol–water partition coefficient (Wildman–Crippen LogP) is -0.225. The van der Waals surface area contributed by atoms with Crippen molar-refractivity contribution in [2.24, 2.45) is 0 Å². The average Bonchev–Trinajstić information content (AvgIpc) is 2.35. The molecule has 1 N–H and O–H groups in total. The number of ether oxygens (including phenoxy) is 2. The summed E-state index contributed by atoms with van der Waals surface area (Å²) < 4.78 is 9.99. The van der Waals surface area contributed by atoms with Crippen molar-refractivity contribution in [3.63, 3.8) is 0 Å². The van der Waals surface area contributed by atoms with E-state index in [-0.39, 0.29) is 17.9 Å². The fourth-order valence-corrected chi connectivity index (χ4v) is 1.90. The molecule has 6 heteroatoms. The van der Waals surface area contributed by atoms with Gasteiger partial charge in [0.2, 0.25) is 5.91 Å². The molecule has 0 aliphatic carbocycles. The van der Waals surface area contributed by atoms with Crippen LogP contribution in [0.15, 0.2) is 0 Å². The van der Waals surface area contributed by atoms with Crippen molar-refractivity contribution in [2.45, 2.75) is 32.4 Å². The molecule has 0 aromatic heterocycles. The molecule has 1 amide bonds. The third kappa shape index (κ3) is 4.62. The van der Waals surface area contributed by atoms with Crippen molar-refractivity contribution in [3.05, 3.63) is 0 Å². The number of amides is 1. The van der Waals surface area contributed by atoms with E-state index >= 15 is 0 Å². The highest BCUT2D eigenvalue weighted by atomic mass is 16.5. The van der Waals surface area contributed by atoms with Crippen LogP contribution in [0, 0.1) is 0 Å². The topological polar surface area (TPSA) is 67.9 Å². The van der Waals surface area contributed by atoms with Gasteiger partial charge in [-0.15, -0.1) is 0 Å². The molecule has 1 rings (SSSR count). The van der Waals surface area contributed by atoms with E-state index in [1.807, 2.05) is 18.7 Å². The predicted molar refractivity (Wildman–Crippen MR) is 66.1 cm³/mol. The van der Waals surface area contributed by atoms with E-state index in [1.54, 1.807) is 0 Å². The SMILES string of the molecule is COC(=O)C1COCCN1CCC(=O)NC(C)C. The van der Waals surface area contributed by atoms with Crippen LogP contribution in [-0.4, -0.2) is 62.3 Å². The van der Waals surface area contributed by atoms with Crippen molar-refractivity contribution >= 4 is 11.9 Å². The van der Waals surface area contributed by atoms with Crippen LogP contribution in [0.1, 0.15) is 20.3 Å². The maximum absolute atomic E-state index is 11.6. The largest absolute Gasteiger partial charge is 0.468 e. The number of carbonyl (C=O) groups excluding carboxylic acids is 2. The first-order valence-electron chi connectivity index (χ1n) is 6.23. The zero-order valence-electron chi connectivity index (χ0n) is 11.3. The van der Waals surface area contributed by atoms with Gasteiger partial charge in [0.25, 0.3) is 0 Å². The van der Waals surface area contributed by atoms with E-state index in [1.165, 1.54) is 7.11 Å². The fraction of sp³-hybridized carbons (Fsp3) is 0.833. The molecule has 1 aliphatic heterocycles. The van der Waals surface area contributed by atoms with Gasteiger partial charge in [-0.25, -0.2) is 0 Å². The molecule has 1 atom stereocenters. The number of esters is 1. The second kappa shape index (κ2) is 7.33. The Balaban J connectivity index is 2.42. The summed E-state index contributed by atoms with van der Waals surface area (Å²) in [6.07, 6.45) is 0.381. The van der Waals surface area contributed by atoms with Crippen molar-refractivity contribution in [1.82, 2.24) is 10.2 Å². The van der Waals surface area contributed by atoms with Gasteiger partial charge in [0.1, 0.15) is 6.04 Å². The van der Waals surface area contributed by atoms with Gasteiger partial charge in [0.15, 0.2) is 0 Å². The summed E-state index contributed by atoms with van der Waals surface area (Å²) in [4.78, 5) is 25.1. The average molecular weight is 258 g/mol. The summed E-state index contributed by atoms with van der Waals surface area (Å²) in [6, 6.07) is -0.255. The molecule has 0 spiro atoms. The molecule has 0 bridgehead atoms. The minimum atomic E-state index is -0.393. The molecular formula is C12H22N2O4. The normalized spacial score (nSPS) is 20.8. The third-order valence-electron chi connectivity index (χ3n) is 2.79. The first kappa shape index (κ1) is 14.9. The van der Waals surface area contributed by atoms with E-state index in [0.717, 1.165) is 0 Å². The van der Waals surface area contributed by atoms with E-state index in [0.29, 0.717) is 32.7 Å². The molecule has 0 saturated carbocycles. The minimum absolute atomic E-state index is 0.0000997. The molecule has 1 unspecified atom stereocenters. The number of rotatable bonds is 5. The summed E-state index contributed by atoms with van der Waals surface area (Å²) in [7, 11) is 1.36. The van der Waals surface area contributed by atoms with Gasteiger partial charge in [-0.2, -0.15) is 0 Å². The standard InChI is InChI=1S/C12H22N2O4/c1-9(2)13-11(15)4-5-14-6-7-18-8-10(14)12(16)17-3/h9-10H,4-8H2,1-3H3,(H,13,15). The van der Waals surface area contributed by atoms with Crippen molar-refractivity contribution in [2.75, 3.05) is 33.4 Å². The van der Waals surface area contributed by atoms with Crippen LogP contribution in [0.25, 0.3) is 0 Å². The van der Waals surface area contributed by atoms with Crippen LogP contribution >= 0.6 is 0 Å². The Morgan fingerprint density at radius 3 is 2.83 bits per heavy atom. The van der Waals surface area contributed by atoms with Crippen molar-refractivity contribution < 1.29 is 19.1 Å². The Labute approximate surface area is 108 Å². The van der Waals surface area contributed by atoms with Crippen LogP contribution < -0.4 is 5.32 Å². The molecule has 0 aromatic carbocycles. The first-order valence-corrected chi connectivity index (χ1v) is 6.23. The number of nitrogens with zero attached hydrogens (tertiary/aromatic N) is 1. The van der Waals surface area contributed by atoms with Crippen LogP contribution in [0.2, 0.25) is 0 Å². The smallest absolute Gasteiger partial charge is 0.325 e. The van der Waals surface area contributed by atoms with Crippen LogP contribution in [0.4, 0.5) is 0 Å². The third-order valence-corrected chi connectivity index (χ3v) is 2.79. The zero-order chi connectivity index (χ0) is 13.5. The lowest BCUT2D eigenvalue weighted by Crippen LogP contribution is -2.51. The van der Waals surface area contributed by atoms with Gasteiger partial charge in [-0.3, -0.25) is 14.5 Å². The summed E-state index contributed by atoms with van der Waals surface area (Å²) in [6.45, 7) is 5.95. The lowest BCUT2D eigenvalue weighted by Gasteiger charge is -2.33. The Hall–Kier alpha value is -1.14. The van der Waals surface area contributed by atoms with Crippen LogP contribution in [-0.2, 0) is 19.1 Å². The quantitative estimate of drug-likeness (QED) is 0.690. The lowest BCUT2D eigenvalue weighted by molar-refractivity contribution is -0.153. The van der Waals surface area contributed by atoms with Gasteiger partial charge in [-0.05, 0) is 13.8 Å². The molecule has 1 saturated heterocycles. The summed E-state index contributed by atoms with van der Waals surface area (Å²) in [5, 5.41) is 2.83. The number of nitrogens with one attached hydrogen (secondary N) is 1.